The lowest BCUT2D eigenvalue weighted by Gasteiger charge is -2.36. The second-order valence-electron chi connectivity index (χ2n) is 11.5. The molecule has 5 N–H and O–H groups in total. The molecule has 15 heteroatoms. The molecule has 12 nitrogen and oxygen atoms in total. The van der Waals surface area contributed by atoms with Crippen molar-refractivity contribution in [1.82, 2.24) is 14.9 Å². The van der Waals surface area contributed by atoms with Gasteiger partial charge in [0.1, 0.15) is 22.9 Å². The van der Waals surface area contributed by atoms with Gasteiger partial charge < -0.3 is 29.8 Å². The summed E-state index contributed by atoms with van der Waals surface area (Å²) in [6.45, 7) is 2.02. The van der Waals surface area contributed by atoms with Gasteiger partial charge in [0.25, 0.3) is 0 Å². The summed E-state index contributed by atoms with van der Waals surface area (Å²) in [6.07, 6.45) is -0.664. The summed E-state index contributed by atoms with van der Waals surface area (Å²) in [6, 6.07) is 7.84. The molecule has 2 bridgehead atoms. The number of likely N-dealkylation sites (tertiary alicyclic amines) is 1. The third-order valence-corrected chi connectivity index (χ3v) is 9.19. The summed E-state index contributed by atoms with van der Waals surface area (Å²) in [5.74, 6) is -1.62. The standard InChI is InChI=1S/C30H31Cl2FN6O6/c1-14-4-3-5-17(27(41)39-11-10-30(13-39)21-19(36-29(43)45-30)9-8-18(31)22(21)33)25-37-23(24(32)38-25)16-7-6-15(34-28(42)44-2)12-20(16)35-26(14)40/h6-9,12,14,17,26,35,40H,3-5,10-11,13H2,1-2H3,(H,34,42)(H,36,43)(H,37,38)/t14-,17?,26?,30+/m1/s1. The minimum absolute atomic E-state index is 0.0703. The molecule has 2 aromatic carbocycles. The van der Waals surface area contributed by atoms with Crippen LogP contribution in [0.25, 0.3) is 11.3 Å². The highest BCUT2D eigenvalue weighted by atomic mass is 35.5. The molecule has 0 radical (unpaired) electrons. The lowest BCUT2D eigenvalue weighted by molar-refractivity contribution is -0.133. The van der Waals surface area contributed by atoms with E-state index < -0.39 is 35.8 Å². The van der Waals surface area contributed by atoms with E-state index in [1.54, 1.807) is 23.1 Å². The summed E-state index contributed by atoms with van der Waals surface area (Å²) in [4.78, 5) is 47.9. The van der Waals surface area contributed by atoms with E-state index in [1.165, 1.54) is 19.2 Å². The van der Waals surface area contributed by atoms with E-state index >= 15 is 4.39 Å². The molecule has 0 aliphatic carbocycles. The molecule has 4 heterocycles. The molecule has 1 spiro atoms. The van der Waals surface area contributed by atoms with Crippen molar-refractivity contribution in [3.8, 4) is 11.3 Å². The van der Waals surface area contributed by atoms with Crippen LogP contribution in [0.5, 0.6) is 0 Å². The number of imidazole rings is 1. The summed E-state index contributed by atoms with van der Waals surface area (Å²) in [5.41, 5.74) is 0.704. The Morgan fingerprint density at radius 3 is 2.80 bits per heavy atom. The van der Waals surface area contributed by atoms with Crippen molar-refractivity contribution in [2.45, 2.75) is 50.4 Å². The van der Waals surface area contributed by atoms with Gasteiger partial charge in [0.2, 0.25) is 5.91 Å². The average molecular weight is 662 g/mol. The number of amides is 3. The van der Waals surface area contributed by atoms with Gasteiger partial charge in [-0.25, -0.2) is 19.0 Å². The molecule has 0 saturated carbocycles. The topological polar surface area (TPSA) is 158 Å². The predicted octanol–water partition coefficient (Wildman–Crippen LogP) is 6.02. The number of nitrogens with zero attached hydrogens (tertiary/aromatic N) is 2. The van der Waals surface area contributed by atoms with Crippen molar-refractivity contribution in [3.05, 3.63) is 57.7 Å². The summed E-state index contributed by atoms with van der Waals surface area (Å²) >= 11 is 12.8. The van der Waals surface area contributed by atoms with Crippen LogP contribution >= 0.6 is 23.2 Å². The fourth-order valence-electron chi connectivity index (χ4n) is 6.25. The van der Waals surface area contributed by atoms with Crippen LogP contribution in [0.4, 0.5) is 31.0 Å². The van der Waals surface area contributed by atoms with Crippen molar-refractivity contribution in [1.29, 1.82) is 0 Å². The number of hydrogen-bond acceptors (Lipinski definition) is 8. The first-order valence-corrected chi connectivity index (χ1v) is 15.2. The molecule has 4 atom stereocenters. The van der Waals surface area contributed by atoms with Crippen LogP contribution in [0.1, 0.15) is 49.9 Å². The lowest BCUT2D eigenvalue weighted by Crippen LogP contribution is -2.44. The van der Waals surface area contributed by atoms with Gasteiger partial charge in [-0.3, -0.25) is 15.4 Å². The molecule has 3 aliphatic rings. The zero-order valence-corrected chi connectivity index (χ0v) is 25.9. The first-order chi connectivity index (χ1) is 21.5. The van der Waals surface area contributed by atoms with Crippen LogP contribution in [0.15, 0.2) is 30.3 Å². The Balaban J connectivity index is 1.34. The number of rotatable bonds is 2. The number of methoxy groups -OCH3 is 1. The first kappa shape index (κ1) is 30.9. The van der Waals surface area contributed by atoms with Crippen molar-refractivity contribution in [2.75, 3.05) is 36.1 Å². The maximum absolute atomic E-state index is 15.3. The molecule has 1 fully saturated rings. The highest BCUT2D eigenvalue weighted by Gasteiger charge is 2.51. The Morgan fingerprint density at radius 2 is 2.02 bits per heavy atom. The maximum atomic E-state index is 15.3. The molecule has 2 unspecified atom stereocenters. The smallest absolute Gasteiger partial charge is 0.412 e. The fraction of sp³-hybridized carbons (Fsp3) is 0.400. The van der Waals surface area contributed by atoms with Crippen molar-refractivity contribution < 1.29 is 33.4 Å². The highest BCUT2D eigenvalue weighted by molar-refractivity contribution is 6.32. The van der Waals surface area contributed by atoms with Gasteiger partial charge in [-0.05, 0) is 43.2 Å². The maximum Gasteiger partial charge on any atom is 0.412 e. The number of carbonyl (C=O) groups excluding carboxylic acids is 3. The van der Waals surface area contributed by atoms with Gasteiger partial charge in [-0.1, -0.05) is 36.5 Å². The minimum atomic E-state index is -1.40. The molecule has 1 saturated heterocycles. The number of carbonyl (C=O) groups is 3. The molecular formula is C30H31Cl2FN6O6. The fourth-order valence-corrected chi connectivity index (χ4v) is 6.65. The van der Waals surface area contributed by atoms with Crippen molar-refractivity contribution in [3.63, 3.8) is 0 Å². The van der Waals surface area contributed by atoms with Crippen LogP contribution in [0.3, 0.4) is 0 Å². The summed E-state index contributed by atoms with van der Waals surface area (Å²) < 4.78 is 25.7. The van der Waals surface area contributed by atoms with Crippen molar-refractivity contribution in [2.24, 2.45) is 5.92 Å². The normalized spacial score (nSPS) is 24.3. The largest absolute Gasteiger partial charge is 0.453 e. The van der Waals surface area contributed by atoms with E-state index in [4.69, 9.17) is 37.7 Å². The third kappa shape index (κ3) is 5.75. The van der Waals surface area contributed by atoms with E-state index in [-0.39, 0.29) is 52.8 Å². The second kappa shape index (κ2) is 12.0. The predicted molar refractivity (Wildman–Crippen MR) is 165 cm³/mol. The van der Waals surface area contributed by atoms with Crippen LogP contribution in [-0.2, 0) is 19.9 Å². The van der Waals surface area contributed by atoms with Gasteiger partial charge in [-0.15, -0.1) is 0 Å². The first-order valence-electron chi connectivity index (χ1n) is 14.5. The number of halogens is 3. The number of ether oxygens (including phenoxy) is 2. The van der Waals surface area contributed by atoms with Crippen LogP contribution in [0, 0.1) is 11.7 Å². The number of aromatic nitrogens is 2. The molecule has 3 aromatic rings. The Labute approximate surface area is 267 Å². The zero-order chi connectivity index (χ0) is 32.0. The SMILES string of the molecule is COC(=O)Nc1ccc2c(c1)NC(O)[C@H](C)CCCC(C(=O)N1CC[C@@]3(C1)OC(=O)Nc1ccc(Cl)c(F)c13)c1nc-2c(Cl)[nH]1. The number of fused-ring (bicyclic) bond motifs is 6. The number of aliphatic hydroxyl groups excluding tert-OH is 1. The van der Waals surface area contributed by atoms with Crippen LogP contribution in [0.2, 0.25) is 10.2 Å². The van der Waals surface area contributed by atoms with Gasteiger partial charge >= 0.3 is 12.2 Å². The van der Waals surface area contributed by atoms with Crippen LogP contribution < -0.4 is 16.0 Å². The molecule has 1 aromatic heterocycles. The monoisotopic (exact) mass is 660 g/mol. The van der Waals surface area contributed by atoms with Gasteiger partial charge in [0.15, 0.2) is 11.4 Å². The number of anilines is 3. The highest BCUT2D eigenvalue weighted by Crippen LogP contribution is 2.46. The molecule has 3 aliphatic heterocycles. The quantitative estimate of drug-likeness (QED) is 0.223. The van der Waals surface area contributed by atoms with Crippen molar-refractivity contribution >= 4 is 58.4 Å². The lowest BCUT2D eigenvalue weighted by atomic mass is 9.89. The zero-order valence-electron chi connectivity index (χ0n) is 24.4. The van der Waals surface area contributed by atoms with E-state index in [9.17, 15) is 19.5 Å². The minimum Gasteiger partial charge on any atom is -0.453 e. The molecule has 6 rings (SSSR count). The number of aromatic amines is 1. The summed E-state index contributed by atoms with van der Waals surface area (Å²) in [5, 5.41) is 19.3. The van der Waals surface area contributed by atoms with Crippen LogP contribution in [-0.4, -0.2) is 64.5 Å². The number of aliphatic hydroxyl groups is 1. The Hall–Kier alpha value is -4.07. The number of hydrogen-bond donors (Lipinski definition) is 5. The molecule has 3 amide bonds. The average Bonchev–Trinajstić information content (AvgIpc) is 3.59. The Kier molecular flexibility index (Phi) is 8.27. The Morgan fingerprint density at radius 1 is 1.22 bits per heavy atom. The number of benzene rings is 2. The second-order valence-corrected chi connectivity index (χ2v) is 12.3. The third-order valence-electron chi connectivity index (χ3n) is 8.63. The molecular weight excluding hydrogens is 630 g/mol. The van der Waals surface area contributed by atoms with Gasteiger partial charge in [0, 0.05) is 35.8 Å². The van der Waals surface area contributed by atoms with E-state index in [0.29, 0.717) is 47.7 Å². The summed E-state index contributed by atoms with van der Waals surface area (Å²) in [7, 11) is 1.25. The number of nitrogens with one attached hydrogen (secondary N) is 4. The van der Waals surface area contributed by atoms with E-state index in [2.05, 4.69) is 20.9 Å². The molecule has 238 valence electrons. The molecule has 45 heavy (non-hydrogen) atoms. The van der Waals surface area contributed by atoms with Gasteiger partial charge in [0.05, 0.1) is 35.8 Å². The Bertz CT molecular complexity index is 1690. The van der Waals surface area contributed by atoms with Gasteiger partial charge in [-0.2, -0.15) is 0 Å². The number of H-pyrrole nitrogens is 1. The van der Waals surface area contributed by atoms with E-state index in [0.717, 1.165) is 0 Å². The van der Waals surface area contributed by atoms with E-state index in [1.807, 2.05) is 6.92 Å².